The summed E-state index contributed by atoms with van der Waals surface area (Å²) in [5, 5.41) is 0.665. The van der Waals surface area contributed by atoms with Gasteiger partial charge in [0.25, 0.3) is 0 Å². The molecule has 0 amide bonds. The zero-order chi connectivity index (χ0) is 13.3. The van der Waals surface area contributed by atoms with E-state index in [0.29, 0.717) is 9.50 Å². The van der Waals surface area contributed by atoms with Crippen LogP contribution in [-0.2, 0) is 0 Å². The SMILES string of the molecule is Fc1ccc(C(Br)c2ccc(Cl)c(Br)c2)cc1Br. The number of hydrogen-bond acceptors (Lipinski definition) is 0. The standard InChI is InChI=1S/C13H7Br3ClF/c14-9-5-7(1-3-11(9)17)13(16)8-2-4-12(18)10(15)6-8/h1-6,13H. The molecule has 1 unspecified atom stereocenters. The van der Waals surface area contributed by atoms with Crippen LogP contribution in [0, 0.1) is 5.82 Å². The predicted molar refractivity (Wildman–Crippen MR) is 84.0 cm³/mol. The first-order chi connectivity index (χ1) is 8.49. The summed E-state index contributed by atoms with van der Waals surface area (Å²) in [6.07, 6.45) is 0. The van der Waals surface area contributed by atoms with Gasteiger partial charge < -0.3 is 0 Å². The summed E-state index contributed by atoms with van der Waals surface area (Å²) in [4.78, 5) is -0.0111. The maximum atomic E-state index is 13.2. The van der Waals surface area contributed by atoms with E-state index < -0.39 is 0 Å². The Kier molecular flexibility index (Phi) is 4.86. The van der Waals surface area contributed by atoms with Gasteiger partial charge in [0.15, 0.2) is 0 Å². The van der Waals surface area contributed by atoms with Crippen LogP contribution in [0.3, 0.4) is 0 Å². The second kappa shape index (κ2) is 6.04. The molecule has 0 spiro atoms. The van der Waals surface area contributed by atoms with E-state index in [1.807, 2.05) is 18.2 Å². The zero-order valence-electron chi connectivity index (χ0n) is 8.93. The van der Waals surface area contributed by atoms with E-state index in [4.69, 9.17) is 11.6 Å². The highest BCUT2D eigenvalue weighted by Gasteiger charge is 2.13. The highest BCUT2D eigenvalue weighted by Crippen LogP contribution is 2.35. The lowest BCUT2D eigenvalue weighted by Crippen LogP contribution is -1.94. The zero-order valence-corrected chi connectivity index (χ0v) is 14.4. The minimum Gasteiger partial charge on any atom is -0.206 e. The molecule has 1 atom stereocenters. The predicted octanol–water partition coefficient (Wildman–Crippen LogP) is 6.49. The molecule has 0 N–H and O–H groups in total. The van der Waals surface area contributed by atoms with Gasteiger partial charge in [0, 0.05) is 4.47 Å². The van der Waals surface area contributed by atoms with Crippen LogP contribution in [0.25, 0.3) is 0 Å². The third kappa shape index (κ3) is 3.16. The van der Waals surface area contributed by atoms with E-state index in [2.05, 4.69) is 47.8 Å². The molecule has 0 aliphatic heterocycles. The van der Waals surface area contributed by atoms with Crippen molar-refractivity contribution >= 4 is 59.4 Å². The summed E-state index contributed by atoms with van der Waals surface area (Å²) < 4.78 is 14.5. The first-order valence-electron chi connectivity index (χ1n) is 5.03. The molecule has 0 saturated carbocycles. The normalized spacial score (nSPS) is 12.5. The molecule has 2 aromatic rings. The summed E-state index contributed by atoms with van der Waals surface area (Å²) in [6, 6.07) is 10.7. The average molecular weight is 457 g/mol. The van der Waals surface area contributed by atoms with Crippen molar-refractivity contribution in [2.75, 3.05) is 0 Å². The van der Waals surface area contributed by atoms with Gasteiger partial charge in [0.05, 0.1) is 14.3 Å². The summed E-state index contributed by atoms with van der Waals surface area (Å²) in [5.74, 6) is -0.268. The van der Waals surface area contributed by atoms with Crippen LogP contribution in [0.5, 0.6) is 0 Å². The van der Waals surface area contributed by atoms with Gasteiger partial charge in [-0.2, -0.15) is 0 Å². The Morgan fingerprint density at radius 1 is 0.944 bits per heavy atom. The molecule has 0 aliphatic carbocycles. The maximum absolute atomic E-state index is 13.2. The molecule has 5 heteroatoms. The van der Waals surface area contributed by atoms with Crippen LogP contribution in [0.2, 0.25) is 5.02 Å². The molecule has 94 valence electrons. The van der Waals surface area contributed by atoms with Crippen molar-refractivity contribution in [3.05, 3.63) is 67.3 Å². The molecule has 0 nitrogen and oxygen atoms in total. The Morgan fingerprint density at radius 3 is 2.06 bits per heavy atom. The van der Waals surface area contributed by atoms with Gasteiger partial charge in [-0.3, -0.25) is 0 Å². The van der Waals surface area contributed by atoms with Crippen LogP contribution < -0.4 is 0 Å². The third-order valence-corrected chi connectivity index (χ3v) is 5.35. The summed E-state index contributed by atoms with van der Waals surface area (Å²) in [7, 11) is 0. The monoisotopic (exact) mass is 454 g/mol. The molecule has 0 aromatic heterocycles. The van der Waals surface area contributed by atoms with Gasteiger partial charge in [-0.05, 0) is 67.3 Å². The van der Waals surface area contributed by atoms with Crippen molar-refractivity contribution in [3.63, 3.8) is 0 Å². The Bertz CT molecular complexity index is 535. The molecule has 2 rings (SSSR count). The minimum atomic E-state index is -0.268. The van der Waals surface area contributed by atoms with Crippen LogP contribution in [0.4, 0.5) is 4.39 Å². The third-order valence-electron chi connectivity index (χ3n) is 2.47. The lowest BCUT2D eigenvalue weighted by molar-refractivity contribution is 0.620. The second-order valence-corrected chi connectivity index (χ2v) is 6.74. The largest absolute Gasteiger partial charge is 0.206 e. The fourth-order valence-electron chi connectivity index (χ4n) is 1.53. The smallest absolute Gasteiger partial charge is 0.137 e. The molecule has 0 saturated heterocycles. The number of hydrogen-bond donors (Lipinski definition) is 0. The van der Waals surface area contributed by atoms with Gasteiger partial charge in [-0.25, -0.2) is 4.39 Å². The van der Waals surface area contributed by atoms with Gasteiger partial charge >= 0.3 is 0 Å². The molecule has 0 radical (unpaired) electrons. The lowest BCUT2D eigenvalue weighted by atomic mass is 10.1. The first kappa shape index (κ1) is 14.5. The quantitative estimate of drug-likeness (QED) is 0.453. The fraction of sp³-hybridized carbons (Fsp3) is 0.0769. The molecular weight excluding hydrogens is 450 g/mol. The van der Waals surface area contributed by atoms with Crippen LogP contribution in [-0.4, -0.2) is 0 Å². The van der Waals surface area contributed by atoms with E-state index >= 15 is 0 Å². The van der Waals surface area contributed by atoms with Crippen LogP contribution >= 0.6 is 59.4 Å². The topological polar surface area (TPSA) is 0 Å². The van der Waals surface area contributed by atoms with Crippen molar-refractivity contribution in [1.82, 2.24) is 0 Å². The Labute approximate surface area is 135 Å². The molecule has 0 aliphatic rings. The lowest BCUT2D eigenvalue weighted by Gasteiger charge is -2.12. The number of alkyl halides is 1. The van der Waals surface area contributed by atoms with Crippen LogP contribution in [0.15, 0.2) is 45.3 Å². The van der Waals surface area contributed by atoms with Crippen LogP contribution in [0.1, 0.15) is 16.0 Å². The number of rotatable bonds is 2. The van der Waals surface area contributed by atoms with Crippen molar-refractivity contribution in [1.29, 1.82) is 0 Å². The summed E-state index contributed by atoms with van der Waals surface area (Å²) in [5.41, 5.74) is 2.02. The van der Waals surface area contributed by atoms with Crippen molar-refractivity contribution in [3.8, 4) is 0 Å². The average Bonchev–Trinajstić information content (AvgIpc) is 2.35. The molecule has 2 aromatic carbocycles. The number of benzene rings is 2. The second-order valence-electron chi connectivity index (χ2n) is 3.71. The van der Waals surface area contributed by atoms with Crippen molar-refractivity contribution < 1.29 is 4.39 Å². The van der Waals surface area contributed by atoms with E-state index in [0.717, 1.165) is 15.6 Å². The van der Waals surface area contributed by atoms with Gasteiger partial charge in [-0.15, -0.1) is 0 Å². The van der Waals surface area contributed by atoms with E-state index in [1.165, 1.54) is 6.07 Å². The van der Waals surface area contributed by atoms with E-state index in [9.17, 15) is 4.39 Å². The summed E-state index contributed by atoms with van der Waals surface area (Å²) >= 11 is 16.1. The first-order valence-corrected chi connectivity index (χ1v) is 7.91. The van der Waals surface area contributed by atoms with E-state index in [1.54, 1.807) is 12.1 Å². The molecule has 0 heterocycles. The minimum absolute atomic E-state index is 0.0111. The van der Waals surface area contributed by atoms with Crippen molar-refractivity contribution in [2.24, 2.45) is 0 Å². The van der Waals surface area contributed by atoms with Gasteiger partial charge in [0.1, 0.15) is 5.82 Å². The van der Waals surface area contributed by atoms with Gasteiger partial charge in [-0.1, -0.05) is 39.7 Å². The van der Waals surface area contributed by atoms with Crippen molar-refractivity contribution in [2.45, 2.75) is 4.83 Å². The molecule has 18 heavy (non-hydrogen) atoms. The molecule has 0 bridgehead atoms. The Balaban J connectivity index is 2.37. The highest BCUT2D eigenvalue weighted by molar-refractivity contribution is 9.11. The fourth-order valence-corrected chi connectivity index (χ4v) is 3.01. The molecule has 0 fully saturated rings. The Morgan fingerprint density at radius 2 is 1.50 bits per heavy atom. The molecular formula is C13H7Br3ClF. The van der Waals surface area contributed by atoms with E-state index in [-0.39, 0.29) is 10.6 Å². The van der Waals surface area contributed by atoms with Gasteiger partial charge in [0.2, 0.25) is 0 Å². The maximum Gasteiger partial charge on any atom is 0.137 e. The number of halogens is 5. The Hall–Kier alpha value is 0.1000. The summed E-state index contributed by atoms with van der Waals surface area (Å²) in [6.45, 7) is 0. The highest BCUT2D eigenvalue weighted by atomic mass is 79.9.